The van der Waals surface area contributed by atoms with Crippen molar-refractivity contribution >= 4 is 22.7 Å². The van der Waals surface area contributed by atoms with E-state index in [0.717, 1.165) is 35.8 Å². The molecule has 1 fully saturated rings. The molecule has 1 aliphatic heterocycles. The van der Waals surface area contributed by atoms with Gasteiger partial charge in [-0.15, -0.1) is 0 Å². The summed E-state index contributed by atoms with van der Waals surface area (Å²) in [4.78, 5) is 12.6. The van der Waals surface area contributed by atoms with Crippen LogP contribution in [-0.4, -0.2) is 48.1 Å². The second kappa shape index (κ2) is 5.09. The number of nitrogen functional groups attached to an aromatic ring is 1. The number of fused-ring (bicyclic) bond motifs is 1. The van der Waals surface area contributed by atoms with Crippen molar-refractivity contribution in [2.24, 2.45) is 0 Å². The van der Waals surface area contributed by atoms with Crippen LogP contribution in [0.3, 0.4) is 0 Å². The first-order valence-electron chi connectivity index (χ1n) is 6.91. The van der Waals surface area contributed by atoms with Crippen molar-refractivity contribution in [3.63, 3.8) is 0 Å². The highest BCUT2D eigenvalue weighted by molar-refractivity contribution is 5.80. The van der Waals surface area contributed by atoms with Crippen molar-refractivity contribution in [3.05, 3.63) is 18.2 Å². The van der Waals surface area contributed by atoms with Gasteiger partial charge in [-0.25, -0.2) is 4.98 Å². The molecular formula is C14H21N5. The SMILES string of the molecule is CN(CCN1CCCC1)c1nc2ccc(N)cc2[nH]1. The number of nitrogens with zero attached hydrogens (tertiary/aromatic N) is 3. The largest absolute Gasteiger partial charge is 0.399 e. The summed E-state index contributed by atoms with van der Waals surface area (Å²) in [5.41, 5.74) is 8.52. The lowest BCUT2D eigenvalue weighted by Gasteiger charge is -2.20. The van der Waals surface area contributed by atoms with E-state index in [1.807, 2.05) is 18.2 Å². The van der Waals surface area contributed by atoms with Gasteiger partial charge in [0, 0.05) is 25.8 Å². The van der Waals surface area contributed by atoms with Crippen LogP contribution in [0.2, 0.25) is 0 Å². The standard InChI is InChI=1S/C14H21N5/c1-18(8-9-19-6-2-3-7-19)14-16-12-5-4-11(15)10-13(12)17-14/h4-5,10H,2-3,6-9,15H2,1H3,(H,16,17). The lowest BCUT2D eigenvalue weighted by Crippen LogP contribution is -2.31. The third-order valence-electron chi connectivity index (χ3n) is 3.81. The molecule has 2 aromatic rings. The van der Waals surface area contributed by atoms with Crippen LogP contribution < -0.4 is 10.6 Å². The Balaban J connectivity index is 1.68. The maximum absolute atomic E-state index is 5.78. The van der Waals surface area contributed by atoms with Crippen LogP contribution in [0, 0.1) is 0 Å². The number of imidazole rings is 1. The van der Waals surface area contributed by atoms with Crippen LogP contribution in [0.1, 0.15) is 12.8 Å². The molecule has 5 nitrogen and oxygen atoms in total. The average molecular weight is 259 g/mol. The fourth-order valence-electron chi connectivity index (χ4n) is 2.60. The van der Waals surface area contributed by atoms with E-state index in [9.17, 15) is 0 Å². The molecule has 3 rings (SSSR count). The number of nitrogens with one attached hydrogen (secondary N) is 1. The normalized spacial score (nSPS) is 16.3. The Labute approximate surface area is 113 Å². The lowest BCUT2D eigenvalue weighted by molar-refractivity contribution is 0.346. The first-order chi connectivity index (χ1) is 9.22. The number of benzene rings is 1. The summed E-state index contributed by atoms with van der Waals surface area (Å²) in [7, 11) is 2.08. The van der Waals surface area contributed by atoms with Gasteiger partial charge in [0.25, 0.3) is 0 Å². The van der Waals surface area contributed by atoms with Crippen LogP contribution >= 0.6 is 0 Å². The van der Waals surface area contributed by atoms with Crippen molar-refractivity contribution in [2.75, 3.05) is 43.9 Å². The third kappa shape index (κ3) is 2.66. The van der Waals surface area contributed by atoms with Gasteiger partial charge in [-0.05, 0) is 44.1 Å². The Morgan fingerprint density at radius 2 is 2.16 bits per heavy atom. The van der Waals surface area contributed by atoms with E-state index in [-0.39, 0.29) is 0 Å². The number of nitrogens with two attached hydrogens (primary N) is 1. The van der Waals surface area contributed by atoms with Crippen molar-refractivity contribution in [3.8, 4) is 0 Å². The molecule has 1 aliphatic rings. The average Bonchev–Trinajstić information content (AvgIpc) is 3.04. The molecule has 5 heteroatoms. The summed E-state index contributed by atoms with van der Waals surface area (Å²) >= 11 is 0. The molecule has 3 N–H and O–H groups in total. The minimum absolute atomic E-state index is 0.766. The van der Waals surface area contributed by atoms with Gasteiger partial charge >= 0.3 is 0 Å². The van der Waals surface area contributed by atoms with Crippen molar-refractivity contribution in [1.82, 2.24) is 14.9 Å². The summed E-state index contributed by atoms with van der Waals surface area (Å²) in [5, 5.41) is 0. The highest BCUT2D eigenvalue weighted by Crippen LogP contribution is 2.19. The van der Waals surface area contributed by atoms with Gasteiger partial charge in [-0.1, -0.05) is 0 Å². The van der Waals surface area contributed by atoms with Gasteiger partial charge < -0.3 is 20.5 Å². The van der Waals surface area contributed by atoms with Crippen LogP contribution in [0.4, 0.5) is 11.6 Å². The molecule has 0 aliphatic carbocycles. The zero-order valence-electron chi connectivity index (χ0n) is 11.4. The molecule has 0 saturated carbocycles. The molecule has 0 radical (unpaired) electrons. The Morgan fingerprint density at radius 3 is 2.95 bits per heavy atom. The van der Waals surface area contributed by atoms with E-state index >= 15 is 0 Å². The van der Waals surface area contributed by atoms with Crippen molar-refractivity contribution < 1.29 is 0 Å². The summed E-state index contributed by atoms with van der Waals surface area (Å²) in [6.07, 6.45) is 2.68. The number of rotatable bonds is 4. The van der Waals surface area contributed by atoms with Crippen molar-refractivity contribution in [2.45, 2.75) is 12.8 Å². The number of likely N-dealkylation sites (N-methyl/N-ethyl adjacent to an activating group) is 1. The molecule has 0 atom stereocenters. The van der Waals surface area contributed by atoms with Gasteiger partial charge in [-0.2, -0.15) is 0 Å². The van der Waals surface area contributed by atoms with E-state index in [1.165, 1.54) is 25.9 Å². The molecule has 102 valence electrons. The molecule has 0 amide bonds. The first kappa shape index (κ1) is 12.3. The predicted molar refractivity (Wildman–Crippen MR) is 79.5 cm³/mol. The molecule has 1 aromatic carbocycles. The number of likely N-dealkylation sites (tertiary alicyclic amines) is 1. The van der Waals surface area contributed by atoms with Gasteiger partial charge in [0.1, 0.15) is 0 Å². The van der Waals surface area contributed by atoms with Crippen molar-refractivity contribution in [1.29, 1.82) is 0 Å². The second-order valence-electron chi connectivity index (χ2n) is 5.31. The Morgan fingerprint density at radius 1 is 1.37 bits per heavy atom. The molecule has 0 unspecified atom stereocenters. The van der Waals surface area contributed by atoms with Crippen LogP contribution in [0.15, 0.2) is 18.2 Å². The molecule has 19 heavy (non-hydrogen) atoms. The third-order valence-corrected chi connectivity index (χ3v) is 3.81. The van der Waals surface area contributed by atoms with E-state index in [0.29, 0.717) is 0 Å². The summed E-state index contributed by atoms with van der Waals surface area (Å²) in [6, 6.07) is 5.77. The van der Waals surface area contributed by atoms with E-state index in [1.54, 1.807) is 0 Å². The molecule has 0 spiro atoms. The van der Waals surface area contributed by atoms with E-state index < -0.39 is 0 Å². The number of H-pyrrole nitrogens is 1. The van der Waals surface area contributed by atoms with Crippen LogP contribution in [0.25, 0.3) is 11.0 Å². The Bertz CT molecular complexity index is 556. The number of hydrogen-bond acceptors (Lipinski definition) is 4. The minimum Gasteiger partial charge on any atom is -0.399 e. The quantitative estimate of drug-likeness (QED) is 0.820. The number of aromatic nitrogens is 2. The molecule has 1 saturated heterocycles. The Hall–Kier alpha value is -1.75. The number of anilines is 2. The first-order valence-corrected chi connectivity index (χ1v) is 6.91. The topological polar surface area (TPSA) is 61.2 Å². The van der Waals surface area contributed by atoms with Gasteiger partial charge in [0.05, 0.1) is 11.0 Å². The fourth-order valence-corrected chi connectivity index (χ4v) is 2.60. The zero-order valence-corrected chi connectivity index (χ0v) is 11.4. The second-order valence-corrected chi connectivity index (χ2v) is 5.31. The van der Waals surface area contributed by atoms with Gasteiger partial charge in [0.2, 0.25) is 5.95 Å². The molecule has 1 aromatic heterocycles. The monoisotopic (exact) mass is 259 g/mol. The van der Waals surface area contributed by atoms with Gasteiger partial charge in [-0.3, -0.25) is 0 Å². The highest BCUT2D eigenvalue weighted by Gasteiger charge is 2.13. The van der Waals surface area contributed by atoms with Gasteiger partial charge in [0.15, 0.2) is 0 Å². The summed E-state index contributed by atoms with van der Waals surface area (Å²) < 4.78 is 0. The number of aromatic amines is 1. The van der Waals surface area contributed by atoms with Crippen LogP contribution in [0.5, 0.6) is 0 Å². The minimum atomic E-state index is 0.766. The molecular weight excluding hydrogens is 238 g/mol. The maximum atomic E-state index is 5.78. The molecule has 2 heterocycles. The maximum Gasteiger partial charge on any atom is 0.203 e. The number of hydrogen-bond donors (Lipinski definition) is 2. The zero-order chi connectivity index (χ0) is 13.2. The smallest absolute Gasteiger partial charge is 0.203 e. The van der Waals surface area contributed by atoms with Crippen LogP contribution in [-0.2, 0) is 0 Å². The molecule has 0 bridgehead atoms. The lowest BCUT2D eigenvalue weighted by atomic mass is 10.3. The highest BCUT2D eigenvalue weighted by atomic mass is 15.3. The fraction of sp³-hybridized carbons (Fsp3) is 0.500. The summed E-state index contributed by atoms with van der Waals surface area (Å²) in [5.74, 6) is 0.916. The summed E-state index contributed by atoms with van der Waals surface area (Å²) in [6.45, 7) is 4.58. The Kier molecular flexibility index (Phi) is 3.29. The van der Waals surface area contributed by atoms with E-state index in [4.69, 9.17) is 5.73 Å². The van der Waals surface area contributed by atoms with E-state index in [2.05, 4.69) is 26.8 Å². The predicted octanol–water partition coefficient (Wildman–Crippen LogP) is 1.68.